The monoisotopic (exact) mass is 379 g/mol. The Hall–Kier alpha value is -2.60. The lowest BCUT2D eigenvalue weighted by Gasteiger charge is -2.12. The van der Waals surface area contributed by atoms with E-state index in [0.717, 1.165) is 24.9 Å². The first-order valence-corrected chi connectivity index (χ1v) is 10.2. The van der Waals surface area contributed by atoms with E-state index in [9.17, 15) is 9.59 Å². The molecule has 0 radical (unpaired) electrons. The average molecular weight is 379 g/mol. The minimum Gasteiger partial charge on any atom is -0.325 e. The zero-order chi connectivity index (χ0) is 18.8. The number of hydrogen-bond donors (Lipinski definition) is 1. The van der Waals surface area contributed by atoms with E-state index in [4.69, 9.17) is 0 Å². The molecule has 0 aliphatic heterocycles. The molecule has 2 aromatic carbocycles. The molecule has 1 aliphatic carbocycles. The summed E-state index contributed by atoms with van der Waals surface area (Å²) in [4.78, 5) is 29.9. The van der Waals surface area contributed by atoms with Crippen molar-refractivity contribution >= 4 is 34.3 Å². The number of anilines is 1. The van der Waals surface area contributed by atoms with Crippen LogP contribution in [0.25, 0.3) is 10.9 Å². The van der Waals surface area contributed by atoms with Gasteiger partial charge in [0, 0.05) is 11.7 Å². The third-order valence-electron chi connectivity index (χ3n) is 4.64. The number of aryl methyl sites for hydroxylation is 1. The number of amides is 1. The van der Waals surface area contributed by atoms with E-state index in [2.05, 4.69) is 17.2 Å². The van der Waals surface area contributed by atoms with Gasteiger partial charge in [0.05, 0.1) is 16.7 Å². The molecule has 1 amide bonds. The summed E-state index contributed by atoms with van der Waals surface area (Å²) in [6, 6.07) is 15.4. The fraction of sp³-hybridized carbons (Fsp3) is 0.286. The molecule has 5 nitrogen and oxygen atoms in total. The highest BCUT2D eigenvalue weighted by Gasteiger charge is 2.28. The van der Waals surface area contributed by atoms with Gasteiger partial charge in [-0.15, -0.1) is 0 Å². The molecule has 27 heavy (non-hydrogen) atoms. The summed E-state index contributed by atoms with van der Waals surface area (Å²) in [5.41, 5.74) is 2.64. The van der Waals surface area contributed by atoms with E-state index in [0.29, 0.717) is 16.1 Å². The quantitative estimate of drug-likeness (QED) is 0.519. The van der Waals surface area contributed by atoms with Crippen molar-refractivity contribution in [3.8, 4) is 0 Å². The van der Waals surface area contributed by atoms with E-state index in [1.54, 1.807) is 4.57 Å². The van der Waals surface area contributed by atoms with E-state index < -0.39 is 0 Å². The van der Waals surface area contributed by atoms with Crippen LogP contribution in [0.3, 0.4) is 0 Å². The normalized spacial score (nSPS) is 13.7. The summed E-state index contributed by atoms with van der Waals surface area (Å²) < 4.78 is 1.76. The van der Waals surface area contributed by atoms with Gasteiger partial charge in [0.1, 0.15) is 0 Å². The van der Waals surface area contributed by atoms with Gasteiger partial charge < -0.3 is 5.32 Å². The van der Waals surface area contributed by atoms with Crippen LogP contribution in [0, 0.1) is 0 Å². The van der Waals surface area contributed by atoms with Crippen molar-refractivity contribution in [2.75, 3.05) is 11.1 Å². The predicted molar refractivity (Wildman–Crippen MR) is 109 cm³/mol. The standard InChI is InChI=1S/C21H21N3O2S/c1-2-14-6-5-7-15(12-14)22-19(25)13-27-21-23-18-9-4-3-8-17(18)20(26)24(21)16-10-11-16/h3-9,12,16H,2,10-11,13H2,1H3,(H,22,25). The van der Waals surface area contributed by atoms with Crippen molar-refractivity contribution < 1.29 is 4.79 Å². The first-order chi connectivity index (χ1) is 13.2. The molecule has 6 heteroatoms. The number of carbonyl (C=O) groups excluding carboxylic acids is 1. The first kappa shape index (κ1) is 17.8. The summed E-state index contributed by atoms with van der Waals surface area (Å²) in [5.74, 6) is 0.117. The number of nitrogens with one attached hydrogen (secondary N) is 1. The molecule has 1 aliphatic rings. The summed E-state index contributed by atoms with van der Waals surface area (Å²) in [6.07, 6.45) is 2.90. The third-order valence-corrected chi connectivity index (χ3v) is 5.59. The molecule has 1 heterocycles. The fourth-order valence-electron chi connectivity index (χ4n) is 3.08. The molecule has 0 unspecified atom stereocenters. The van der Waals surface area contributed by atoms with Gasteiger partial charge in [-0.3, -0.25) is 14.2 Å². The Balaban J connectivity index is 1.53. The maximum absolute atomic E-state index is 12.8. The number of rotatable bonds is 6. The van der Waals surface area contributed by atoms with E-state index in [1.807, 2.05) is 48.5 Å². The second-order valence-corrected chi connectivity index (χ2v) is 7.65. The lowest BCUT2D eigenvalue weighted by atomic mass is 10.1. The Morgan fingerprint density at radius 3 is 2.81 bits per heavy atom. The minimum atomic E-state index is -0.0991. The lowest BCUT2D eigenvalue weighted by molar-refractivity contribution is -0.113. The van der Waals surface area contributed by atoms with Crippen LogP contribution in [-0.4, -0.2) is 21.2 Å². The van der Waals surface area contributed by atoms with Crippen LogP contribution in [0.2, 0.25) is 0 Å². The van der Waals surface area contributed by atoms with Gasteiger partial charge in [-0.05, 0) is 49.1 Å². The van der Waals surface area contributed by atoms with Crippen LogP contribution in [0.1, 0.15) is 31.4 Å². The highest BCUT2D eigenvalue weighted by molar-refractivity contribution is 7.99. The lowest BCUT2D eigenvalue weighted by Crippen LogP contribution is -2.23. The Bertz CT molecular complexity index is 1060. The number of thioether (sulfide) groups is 1. The first-order valence-electron chi connectivity index (χ1n) is 9.18. The van der Waals surface area contributed by atoms with E-state index in [1.165, 1.54) is 17.3 Å². The molecule has 0 spiro atoms. The van der Waals surface area contributed by atoms with Crippen LogP contribution in [-0.2, 0) is 11.2 Å². The number of carbonyl (C=O) groups is 1. The van der Waals surface area contributed by atoms with Crippen LogP contribution in [0.15, 0.2) is 58.5 Å². The Kier molecular flexibility index (Phi) is 4.99. The van der Waals surface area contributed by atoms with Gasteiger partial charge in [0.2, 0.25) is 5.91 Å². The van der Waals surface area contributed by atoms with Crippen molar-refractivity contribution in [1.29, 1.82) is 0 Å². The maximum atomic E-state index is 12.8. The number of hydrogen-bond acceptors (Lipinski definition) is 4. The molecule has 0 bridgehead atoms. The highest BCUT2D eigenvalue weighted by atomic mass is 32.2. The molecule has 3 aromatic rings. The van der Waals surface area contributed by atoms with Crippen molar-refractivity contribution in [3.63, 3.8) is 0 Å². The van der Waals surface area contributed by atoms with Gasteiger partial charge in [0.25, 0.3) is 5.56 Å². The van der Waals surface area contributed by atoms with Gasteiger partial charge >= 0.3 is 0 Å². The second-order valence-electron chi connectivity index (χ2n) is 6.71. The zero-order valence-electron chi connectivity index (χ0n) is 15.1. The maximum Gasteiger partial charge on any atom is 0.262 e. The Morgan fingerprint density at radius 2 is 2.04 bits per heavy atom. The van der Waals surface area contributed by atoms with Crippen molar-refractivity contribution in [2.45, 2.75) is 37.4 Å². The number of aromatic nitrogens is 2. The van der Waals surface area contributed by atoms with Gasteiger partial charge in [0.15, 0.2) is 5.16 Å². The second kappa shape index (κ2) is 7.56. The fourth-order valence-corrected chi connectivity index (χ4v) is 3.94. The summed E-state index contributed by atoms with van der Waals surface area (Å²) >= 11 is 1.32. The largest absolute Gasteiger partial charge is 0.325 e. The number of benzene rings is 2. The van der Waals surface area contributed by atoms with Gasteiger partial charge in [-0.2, -0.15) is 0 Å². The molecule has 0 atom stereocenters. The van der Waals surface area contributed by atoms with Crippen LogP contribution >= 0.6 is 11.8 Å². The van der Waals surface area contributed by atoms with E-state index in [-0.39, 0.29) is 23.3 Å². The SMILES string of the molecule is CCc1cccc(NC(=O)CSc2nc3ccccc3c(=O)n2C2CC2)c1. The summed E-state index contributed by atoms with van der Waals surface area (Å²) in [5, 5.41) is 4.19. The van der Waals surface area contributed by atoms with Crippen molar-refractivity contribution in [3.05, 3.63) is 64.4 Å². The molecular formula is C21H21N3O2S. The Morgan fingerprint density at radius 1 is 1.22 bits per heavy atom. The molecule has 4 rings (SSSR count). The molecule has 1 N–H and O–H groups in total. The molecule has 138 valence electrons. The highest BCUT2D eigenvalue weighted by Crippen LogP contribution is 2.36. The van der Waals surface area contributed by atoms with Crippen LogP contribution in [0.4, 0.5) is 5.69 Å². The average Bonchev–Trinajstić information content (AvgIpc) is 3.51. The van der Waals surface area contributed by atoms with Gasteiger partial charge in [-0.1, -0.05) is 43.0 Å². The Labute approximate surface area is 161 Å². The minimum absolute atomic E-state index is 0.0124. The van der Waals surface area contributed by atoms with Crippen molar-refractivity contribution in [1.82, 2.24) is 9.55 Å². The number of para-hydroxylation sites is 1. The molecule has 0 saturated heterocycles. The zero-order valence-corrected chi connectivity index (χ0v) is 16.0. The molecule has 1 aromatic heterocycles. The predicted octanol–water partition coefficient (Wildman–Crippen LogP) is 4.02. The van der Waals surface area contributed by atoms with Gasteiger partial charge in [-0.25, -0.2) is 4.98 Å². The topological polar surface area (TPSA) is 64.0 Å². The molecule has 1 fully saturated rings. The van der Waals surface area contributed by atoms with Crippen LogP contribution in [0.5, 0.6) is 0 Å². The molecular weight excluding hydrogens is 358 g/mol. The number of fused-ring (bicyclic) bond motifs is 1. The smallest absolute Gasteiger partial charge is 0.262 e. The third kappa shape index (κ3) is 3.90. The summed E-state index contributed by atoms with van der Waals surface area (Å²) in [7, 11) is 0. The van der Waals surface area contributed by atoms with Crippen LogP contribution < -0.4 is 10.9 Å². The van der Waals surface area contributed by atoms with E-state index >= 15 is 0 Å². The molecule has 1 saturated carbocycles. The number of nitrogens with zero attached hydrogens (tertiary/aromatic N) is 2. The van der Waals surface area contributed by atoms with Crippen molar-refractivity contribution in [2.24, 2.45) is 0 Å². The summed E-state index contributed by atoms with van der Waals surface area (Å²) in [6.45, 7) is 2.08.